The van der Waals surface area contributed by atoms with Gasteiger partial charge in [0.2, 0.25) is 0 Å². The smallest absolute Gasteiger partial charge is 0.0389 e. The molecular weight excluding hydrogens is 154 g/mol. The van der Waals surface area contributed by atoms with E-state index in [0.29, 0.717) is 0 Å². The lowest BCUT2D eigenvalue weighted by molar-refractivity contribution is 0.809. The molecule has 0 radical (unpaired) electrons. The van der Waals surface area contributed by atoms with Crippen LogP contribution in [0.2, 0.25) is 0 Å². The van der Waals surface area contributed by atoms with Crippen LogP contribution in [0.1, 0.15) is 17.2 Å². The largest absolute Gasteiger partial charge is 0.323 e. The van der Waals surface area contributed by atoms with E-state index in [-0.39, 0.29) is 6.04 Å². The summed E-state index contributed by atoms with van der Waals surface area (Å²) in [5, 5.41) is 0. The third kappa shape index (κ3) is 1.28. The average molecular weight is 165 g/mol. The third-order valence-electron chi connectivity index (χ3n) is 2.01. The van der Waals surface area contributed by atoms with Crippen molar-refractivity contribution >= 4 is 11.8 Å². The maximum atomic E-state index is 5.93. The van der Waals surface area contributed by atoms with E-state index in [1.165, 1.54) is 11.1 Å². The zero-order chi connectivity index (χ0) is 7.68. The minimum absolute atomic E-state index is 0.255. The van der Waals surface area contributed by atoms with Gasteiger partial charge in [0.1, 0.15) is 0 Å². The minimum atomic E-state index is 0.255. The van der Waals surface area contributed by atoms with Crippen LogP contribution in [0.25, 0.3) is 0 Å². The minimum Gasteiger partial charge on any atom is -0.323 e. The van der Waals surface area contributed by atoms with Gasteiger partial charge in [0.15, 0.2) is 0 Å². The molecule has 0 fully saturated rings. The second-order valence-electron chi connectivity index (χ2n) is 2.82. The number of rotatable bonds is 0. The Labute approximate surface area is 71.0 Å². The quantitative estimate of drug-likeness (QED) is 0.635. The summed E-state index contributed by atoms with van der Waals surface area (Å²) in [5.74, 6) is 2.20. The van der Waals surface area contributed by atoms with Gasteiger partial charge >= 0.3 is 0 Å². The maximum Gasteiger partial charge on any atom is 0.0389 e. The molecule has 11 heavy (non-hydrogen) atoms. The zero-order valence-electron chi connectivity index (χ0n) is 6.29. The van der Waals surface area contributed by atoms with Gasteiger partial charge in [0, 0.05) is 17.5 Å². The molecule has 1 aliphatic rings. The lowest BCUT2D eigenvalue weighted by atomic mass is 10.0. The highest BCUT2D eigenvalue weighted by atomic mass is 32.2. The highest BCUT2D eigenvalue weighted by Gasteiger charge is 2.15. The molecule has 0 amide bonds. The summed E-state index contributed by atoms with van der Waals surface area (Å²) < 4.78 is 0. The van der Waals surface area contributed by atoms with Crippen LogP contribution in [-0.2, 0) is 5.75 Å². The molecule has 0 saturated carbocycles. The summed E-state index contributed by atoms with van der Waals surface area (Å²) >= 11 is 1.92. The van der Waals surface area contributed by atoms with Crippen molar-refractivity contribution in [1.82, 2.24) is 0 Å². The van der Waals surface area contributed by atoms with Crippen LogP contribution >= 0.6 is 11.8 Å². The summed E-state index contributed by atoms with van der Waals surface area (Å²) in [6, 6.07) is 8.71. The summed E-state index contributed by atoms with van der Waals surface area (Å²) in [6.45, 7) is 0. The monoisotopic (exact) mass is 165 g/mol. The summed E-state index contributed by atoms with van der Waals surface area (Å²) in [6.07, 6.45) is 0. The SMILES string of the molecule is NC1CSCc2ccccc21. The van der Waals surface area contributed by atoms with Gasteiger partial charge in [0.25, 0.3) is 0 Å². The number of nitrogens with two attached hydrogens (primary N) is 1. The predicted molar refractivity (Wildman–Crippen MR) is 49.5 cm³/mol. The van der Waals surface area contributed by atoms with Crippen molar-refractivity contribution in [3.63, 3.8) is 0 Å². The fourth-order valence-corrected chi connectivity index (χ4v) is 2.45. The van der Waals surface area contributed by atoms with Gasteiger partial charge in [-0.25, -0.2) is 0 Å². The third-order valence-corrected chi connectivity index (χ3v) is 3.12. The molecule has 0 aliphatic carbocycles. The first-order valence-electron chi connectivity index (χ1n) is 3.79. The lowest BCUT2D eigenvalue weighted by Gasteiger charge is -2.21. The van der Waals surface area contributed by atoms with Gasteiger partial charge in [-0.15, -0.1) is 0 Å². The Hall–Kier alpha value is -0.470. The molecular formula is C9H11NS. The van der Waals surface area contributed by atoms with Crippen LogP contribution in [0.3, 0.4) is 0 Å². The van der Waals surface area contributed by atoms with Gasteiger partial charge in [-0.1, -0.05) is 24.3 Å². The number of fused-ring (bicyclic) bond motifs is 1. The molecule has 0 spiro atoms. The van der Waals surface area contributed by atoms with Crippen molar-refractivity contribution in [3.8, 4) is 0 Å². The van der Waals surface area contributed by atoms with Gasteiger partial charge < -0.3 is 5.73 Å². The van der Waals surface area contributed by atoms with Crippen LogP contribution < -0.4 is 5.73 Å². The highest BCUT2D eigenvalue weighted by Crippen LogP contribution is 2.29. The first-order chi connectivity index (χ1) is 5.38. The van der Waals surface area contributed by atoms with Crippen LogP contribution in [-0.4, -0.2) is 5.75 Å². The standard InChI is InChI=1S/C9H11NS/c10-9-6-11-5-7-3-1-2-4-8(7)9/h1-4,9H,5-6,10H2. The zero-order valence-corrected chi connectivity index (χ0v) is 7.10. The second kappa shape index (κ2) is 2.88. The van der Waals surface area contributed by atoms with Crippen molar-refractivity contribution in [3.05, 3.63) is 35.4 Å². The summed E-state index contributed by atoms with van der Waals surface area (Å²) in [5.41, 5.74) is 8.68. The molecule has 1 aromatic rings. The molecule has 1 atom stereocenters. The Morgan fingerprint density at radius 2 is 2.18 bits per heavy atom. The molecule has 2 rings (SSSR count). The number of hydrogen-bond acceptors (Lipinski definition) is 2. The summed E-state index contributed by atoms with van der Waals surface area (Å²) in [4.78, 5) is 0. The van der Waals surface area contributed by atoms with Crippen molar-refractivity contribution < 1.29 is 0 Å². The van der Waals surface area contributed by atoms with E-state index in [9.17, 15) is 0 Å². The molecule has 2 N–H and O–H groups in total. The Bertz CT molecular complexity index is 259. The van der Waals surface area contributed by atoms with Crippen molar-refractivity contribution in [1.29, 1.82) is 0 Å². The molecule has 0 aromatic heterocycles. The van der Waals surface area contributed by atoms with E-state index < -0.39 is 0 Å². The Morgan fingerprint density at radius 3 is 3.00 bits per heavy atom. The van der Waals surface area contributed by atoms with E-state index in [4.69, 9.17) is 5.73 Å². The van der Waals surface area contributed by atoms with E-state index >= 15 is 0 Å². The van der Waals surface area contributed by atoms with Crippen LogP contribution in [0.5, 0.6) is 0 Å². The van der Waals surface area contributed by atoms with Crippen molar-refractivity contribution in [2.75, 3.05) is 5.75 Å². The molecule has 1 heterocycles. The van der Waals surface area contributed by atoms with E-state index in [1.807, 2.05) is 11.8 Å². The first-order valence-corrected chi connectivity index (χ1v) is 4.94. The normalized spacial score (nSPS) is 22.8. The molecule has 1 unspecified atom stereocenters. The van der Waals surface area contributed by atoms with Crippen LogP contribution in [0, 0.1) is 0 Å². The van der Waals surface area contributed by atoms with Gasteiger partial charge in [-0.2, -0.15) is 11.8 Å². The molecule has 2 heteroatoms. The number of thioether (sulfide) groups is 1. The van der Waals surface area contributed by atoms with E-state index in [1.54, 1.807) is 0 Å². The second-order valence-corrected chi connectivity index (χ2v) is 3.85. The van der Waals surface area contributed by atoms with Crippen molar-refractivity contribution in [2.24, 2.45) is 5.73 Å². The molecule has 1 aliphatic heterocycles. The molecule has 1 aromatic carbocycles. The molecule has 0 bridgehead atoms. The Balaban J connectivity index is 2.44. The Kier molecular flexibility index (Phi) is 1.88. The lowest BCUT2D eigenvalue weighted by Crippen LogP contribution is -2.18. The van der Waals surface area contributed by atoms with Gasteiger partial charge in [-0.3, -0.25) is 0 Å². The molecule has 58 valence electrons. The topological polar surface area (TPSA) is 26.0 Å². The fourth-order valence-electron chi connectivity index (χ4n) is 1.41. The molecule has 1 nitrogen and oxygen atoms in total. The fraction of sp³-hybridized carbons (Fsp3) is 0.333. The van der Waals surface area contributed by atoms with Gasteiger partial charge in [0.05, 0.1) is 0 Å². The summed E-state index contributed by atoms with van der Waals surface area (Å²) in [7, 11) is 0. The number of benzene rings is 1. The highest BCUT2D eigenvalue weighted by molar-refractivity contribution is 7.98. The predicted octanol–water partition coefficient (Wildman–Crippen LogP) is 1.93. The average Bonchev–Trinajstić information content (AvgIpc) is 2.06. The number of hydrogen-bond donors (Lipinski definition) is 1. The van der Waals surface area contributed by atoms with Gasteiger partial charge in [-0.05, 0) is 11.1 Å². The first kappa shape index (κ1) is 7.19. The van der Waals surface area contributed by atoms with Crippen LogP contribution in [0.4, 0.5) is 0 Å². The maximum absolute atomic E-state index is 5.93. The van der Waals surface area contributed by atoms with Crippen LogP contribution in [0.15, 0.2) is 24.3 Å². The van der Waals surface area contributed by atoms with E-state index in [0.717, 1.165) is 11.5 Å². The Morgan fingerprint density at radius 1 is 1.36 bits per heavy atom. The van der Waals surface area contributed by atoms with E-state index in [2.05, 4.69) is 24.3 Å². The van der Waals surface area contributed by atoms with Crippen molar-refractivity contribution in [2.45, 2.75) is 11.8 Å². The molecule has 0 saturated heterocycles.